The van der Waals surface area contributed by atoms with Gasteiger partial charge in [0.05, 0.1) is 4.88 Å². The molecule has 0 aliphatic carbocycles. The van der Waals surface area contributed by atoms with Gasteiger partial charge in [-0.05, 0) is 55.5 Å². The largest absolute Gasteiger partial charge is 0.351 e. The van der Waals surface area contributed by atoms with Crippen molar-refractivity contribution in [2.24, 2.45) is 5.92 Å². The predicted octanol–water partition coefficient (Wildman–Crippen LogP) is 4.17. The summed E-state index contributed by atoms with van der Waals surface area (Å²) in [5.41, 5.74) is 3.58. The van der Waals surface area contributed by atoms with Gasteiger partial charge in [-0.3, -0.25) is 9.69 Å². The number of benzene rings is 1. The molecule has 3 heterocycles. The molecule has 0 bridgehead atoms. The van der Waals surface area contributed by atoms with Crippen LogP contribution in [0.3, 0.4) is 0 Å². The molecule has 5 heteroatoms. The second-order valence-electron chi connectivity index (χ2n) is 7.45. The fourth-order valence-electron chi connectivity index (χ4n) is 3.95. The molecule has 1 N–H and O–H groups in total. The zero-order valence-electron chi connectivity index (χ0n) is 15.9. The van der Waals surface area contributed by atoms with Gasteiger partial charge in [0, 0.05) is 31.2 Å². The Hall–Kier alpha value is -2.24. The van der Waals surface area contributed by atoms with Crippen LogP contribution in [-0.2, 0) is 6.54 Å². The number of thiophene rings is 1. The number of pyridine rings is 1. The summed E-state index contributed by atoms with van der Waals surface area (Å²) in [4.78, 5) is 21.4. The summed E-state index contributed by atoms with van der Waals surface area (Å²) in [5.74, 6) is 0.559. The highest BCUT2D eigenvalue weighted by atomic mass is 32.1. The fourth-order valence-corrected chi connectivity index (χ4v) is 5.10. The molecule has 1 aromatic carbocycles. The van der Waals surface area contributed by atoms with Crippen molar-refractivity contribution < 1.29 is 4.79 Å². The third kappa shape index (κ3) is 3.89. The maximum absolute atomic E-state index is 12.7. The Morgan fingerprint density at radius 2 is 2.07 bits per heavy atom. The van der Waals surface area contributed by atoms with Crippen LogP contribution in [0.5, 0.6) is 0 Å². The van der Waals surface area contributed by atoms with Gasteiger partial charge in [-0.2, -0.15) is 0 Å². The van der Waals surface area contributed by atoms with Gasteiger partial charge in [0.2, 0.25) is 0 Å². The van der Waals surface area contributed by atoms with E-state index in [0.29, 0.717) is 5.92 Å². The fraction of sp³-hybridized carbons (Fsp3) is 0.364. The van der Waals surface area contributed by atoms with Crippen molar-refractivity contribution in [3.8, 4) is 0 Å². The molecule has 1 unspecified atom stereocenters. The summed E-state index contributed by atoms with van der Waals surface area (Å²) in [6.45, 7) is 7.97. The van der Waals surface area contributed by atoms with E-state index in [0.717, 1.165) is 53.3 Å². The van der Waals surface area contributed by atoms with Gasteiger partial charge < -0.3 is 5.32 Å². The number of hydrogen-bond acceptors (Lipinski definition) is 4. The molecule has 140 valence electrons. The van der Waals surface area contributed by atoms with Crippen LogP contribution in [0.1, 0.15) is 32.8 Å². The SMILES string of the molecule is Cc1ccnc2sc(C(=O)NCC3CCN(Cc4ccccc4)C3)c(C)c12. The molecule has 2 aromatic heterocycles. The lowest BCUT2D eigenvalue weighted by Crippen LogP contribution is -2.30. The molecule has 1 aliphatic heterocycles. The molecule has 4 nitrogen and oxygen atoms in total. The highest BCUT2D eigenvalue weighted by molar-refractivity contribution is 7.20. The summed E-state index contributed by atoms with van der Waals surface area (Å²) in [6.07, 6.45) is 2.95. The van der Waals surface area contributed by atoms with Crippen molar-refractivity contribution in [3.63, 3.8) is 0 Å². The minimum Gasteiger partial charge on any atom is -0.351 e. The van der Waals surface area contributed by atoms with Crippen molar-refractivity contribution >= 4 is 27.5 Å². The van der Waals surface area contributed by atoms with E-state index in [9.17, 15) is 4.79 Å². The molecular formula is C22H25N3OS. The summed E-state index contributed by atoms with van der Waals surface area (Å²) in [6, 6.07) is 12.6. The zero-order chi connectivity index (χ0) is 18.8. The minimum atomic E-state index is 0.0383. The second-order valence-corrected chi connectivity index (χ2v) is 8.45. The number of carbonyl (C=O) groups is 1. The lowest BCUT2D eigenvalue weighted by Gasteiger charge is -2.16. The highest BCUT2D eigenvalue weighted by Gasteiger charge is 2.24. The van der Waals surface area contributed by atoms with Gasteiger partial charge in [-0.25, -0.2) is 4.98 Å². The lowest BCUT2D eigenvalue weighted by molar-refractivity contribution is 0.0951. The number of aryl methyl sites for hydroxylation is 2. The van der Waals surface area contributed by atoms with E-state index in [4.69, 9.17) is 0 Å². The number of amides is 1. The molecule has 27 heavy (non-hydrogen) atoms. The van der Waals surface area contributed by atoms with Crippen molar-refractivity contribution in [3.05, 3.63) is 64.2 Å². The topological polar surface area (TPSA) is 45.2 Å². The van der Waals surface area contributed by atoms with Crippen molar-refractivity contribution in [1.29, 1.82) is 0 Å². The summed E-state index contributed by atoms with van der Waals surface area (Å²) in [7, 11) is 0. The third-order valence-electron chi connectivity index (χ3n) is 5.42. The maximum atomic E-state index is 12.7. The Bertz CT molecular complexity index is 951. The molecule has 1 saturated heterocycles. The Morgan fingerprint density at radius 1 is 1.26 bits per heavy atom. The molecular weight excluding hydrogens is 354 g/mol. The van der Waals surface area contributed by atoms with Crippen LogP contribution < -0.4 is 5.32 Å². The van der Waals surface area contributed by atoms with Crippen molar-refractivity contribution in [2.75, 3.05) is 19.6 Å². The van der Waals surface area contributed by atoms with E-state index in [1.54, 1.807) is 0 Å². The average molecular weight is 380 g/mol. The number of nitrogens with zero attached hydrogens (tertiary/aromatic N) is 2. The number of rotatable bonds is 5. The van der Waals surface area contributed by atoms with E-state index >= 15 is 0 Å². The van der Waals surface area contributed by atoms with Gasteiger partial charge in [0.1, 0.15) is 4.83 Å². The van der Waals surface area contributed by atoms with Crippen LogP contribution in [0.4, 0.5) is 0 Å². The van der Waals surface area contributed by atoms with Gasteiger partial charge in [-0.15, -0.1) is 11.3 Å². The number of nitrogens with one attached hydrogen (secondary N) is 1. The van der Waals surface area contributed by atoms with Gasteiger partial charge >= 0.3 is 0 Å². The molecule has 1 aliphatic rings. The van der Waals surface area contributed by atoms with Crippen LogP contribution in [0.15, 0.2) is 42.6 Å². The van der Waals surface area contributed by atoms with E-state index in [1.165, 1.54) is 22.5 Å². The summed E-state index contributed by atoms with van der Waals surface area (Å²) >= 11 is 1.50. The Labute approximate surface area is 164 Å². The third-order valence-corrected chi connectivity index (χ3v) is 6.61. The maximum Gasteiger partial charge on any atom is 0.261 e. The standard InChI is InChI=1S/C22H25N3OS/c1-15-8-10-23-22-19(15)16(2)20(27-22)21(26)24-12-18-9-11-25(14-18)13-17-6-4-3-5-7-17/h3-8,10,18H,9,11-14H2,1-2H3,(H,24,26). The summed E-state index contributed by atoms with van der Waals surface area (Å²) < 4.78 is 0. The number of aromatic nitrogens is 1. The molecule has 1 atom stereocenters. The summed E-state index contributed by atoms with van der Waals surface area (Å²) in [5, 5.41) is 4.29. The minimum absolute atomic E-state index is 0.0383. The van der Waals surface area contributed by atoms with Crippen LogP contribution in [-0.4, -0.2) is 35.4 Å². The van der Waals surface area contributed by atoms with Gasteiger partial charge in [0.15, 0.2) is 0 Å². The van der Waals surface area contributed by atoms with E-state index < -0.39 is 0 Å². The zero-order valence-corrected chi connectivity index (χ0v) is 16.7. The quantitative estimate of drug-likeness (QED) is 0.724. The highest BCUT2D eigenvalue weighted by Crippen LogP contribution is 2.31. The first-order valence-corrected chi connectivity index (χ1v) is 10.3. The van der Waals surface area contributed by atoms with Gasteiger partial charge in [-0.1, -0.05) is 30.3 Å². The number of likely N-dealkylation sites (tertiary alicyclic amines) is 1. The van der Waals surface area contributed by atoms with Crippen LogP contribution >= 0.6 is 11.3 Å². The monoisotopic (exact) mass is 379 g/mol. The Kier molecular flexibility index (Phi) is 5.23. The molecule has 1 fully saturated rings. The van der Waals surface area contributed by atoms with Crippen molar-refractivity contribution in [2.45, 2.75) is 26.8 Å². The average Bonchev–Trinajstić information content (AvgIpc) is 3.26. The number of fused-ring (bicyclic) bond motifs is 1. The molecule has 0 radical (unpaired) electrons. The van der Waals surface area contributed by atoms with Crippen molar-refractivity contribution in [1.82, 2.24) is 15.2 Å². The number of carbonyl (C=O) groups excluding carboxylic acids is 1. The van der Waals surface area contributed by atoms with Gasteiger partial charge in [0.25, 0.3) is 5.91 Å². The second kappa shape index (κ2) is 7.79. The first-order valence-electron chi connectivity index (χ1n) is 9.51. The van der Waals surface area contributed by atoms with Crippen LogP contribution in [0.25, 0.3) is 10.2 Å². The van der Waals surface area contributed by atoms with E-state index in [2.05, 4.69) is 52.5 Å². The molecule has 3 aromatic rings. The van der Waals surface area contributed by atoms with E-state index in [-0.39, 0.29) is 5.91 Å². The molecule has 0 saturated carbocycles. The normalized spacial score (nSPS) is 17.5. The first-order chi connectivity index (χ1) is 13.1. The predicted molar refractivity (Wildman–Crippen MR) is 111 cm³/mol. The van der Waals surface area contributed by atoms with Crippen LogP contribution in [0.2, 0.25) is 0 Å². The smallest absolute Gasteiger partial charge is 0.261 e. The lowest BCUT2D eigenvalue weighted by atomic mass is 10.1. The van der Waals surface area contributed by atoms with Crippen LogP contribution in [0, 0.1) is 19.8 Å². The Balaban J connectivity index is 1.35. The Morgan fingerprint density at radius 3 is 2.85 bits per heavy atom. The molecule has 4 rings (SSSR count). The molecule has 0 spiro atoms. The first kappa shape index (κ1) is 18.1. The molecule has 1 amide bonds. The number of hydrogen-bond donors (Lipinski definition) is 1. The van der Waals surface area contributed by atoms with E-state index in [1.807, 2.05) is 19.2 Å².